The van der Waals surface area contributed by atoms with E-state index in [1.54, 1.807) is 48.5 Å². The summed E-state index contributed by atoms with van der Waals surface area (Å²) in [6, 6.07) is 28.2. The number of nitrogens with zero attached hydrogens (tertiary/aromatic N) is 3. The molecule has 0 amide bonds. The summed E-state index contributed by atoms with van der Waals surface area (Å²) >= 11 is 0. The molecule has 4 aromatic rings. The van der Waals surface area contributed by atoms with Gasteiger partial charge in [0.1, 0.15) is 17.2 Å². The summed E-state index contributed by atoms with van der Waals surface area (Å²) in [7, 11) is 2.08. The van der Waals surface area contributed by atoms with E-state index in [4.69, 9.17) is 14.2 Å². The van der Waals surface area contributed by atoms with Crippen molar-refractivity contribution < 1.29 is 19.0 Å². The van der Waals surface area contributed by atoms with Gasteiger partial charge in [-0.25, -0.2) is 4.79 Å². The van der Waals surface area contributed by atoms with Crippen molar-refractivity contribution >= 4 is 29.1 Å². The fourth-order valence-electron chi connectivity index (χ4n) is 5.92. The Balaban J connectivity index is 1.08. The number of carbonyl (C=O) groups excluding carboxylic acids is 1. The van der Waals surface area contributed by atoms with Crippen LogP contribution in [0, 0.1) is 0 Å². The van der Waals surface area contributed by atoms with E-state index in [0.717, 1.165) is 36.3 Å². The third kappa shape index (κ3) is 5.46. The molecule has 7 nitrogen and oxygen atoms in total. The summed E-state index contributed by atoms with van der Waals surface area (Å²) in [6.07, 6.45) is 7.56. The lowest BCUT2D eigenvalue weighted by Crippen LogP contribution is -2.58. The van der Waals surface area contributed by atoms with Crippen LogP contribution in [0.1, 0.15) is 61.5 Å². The number of anilines is 1. The highest BCUT2D eigenvalue weighted by Gasteiger charge is 2.57. The molecule has 1 spiro atoms. The summed E-state index contributed by atoms with van der Waals surface area (Å²) < 4.78 is 18.0. The zero-order valence-electron chi connectivity index (χ0n) is 25.6. The van der Waals surface area contributed by atoms with E-state index in [1.165, 1.54) is 11.3 Å². The minimum atomic E-state index is -0.621. The van der Waals surface area contributed by atoms with E-state index in [0.29, 0.717) is 29.3 Å². The van der Waals surface area contributed by atoms with Crippen LogP contribution >= 0.6 is 0 Å². The van der Waals surface area contributed by atoms with Gasteiger partial charge in [-0.2, -0.15) is 10.2 Å². The van der Waals surface area contributed by atoms with Crippen molar-refractivity contribution in [3.05, 3.63) is 114 Å². The van der Waals surface area contributed by atoms with Gasteiger partial charge in [-0.3, -0.25) is 0 Å². The van der Waals surface area contributed by atoms with Crippen LogP contribution in [0.5, 0.6) is 17.2 Å². The zero-order chi connectivity index (χ0) is 30.7. The maximum atomic E-state index is 12.6. The molecule has 0 saturated carbocycles. The molecule has 2 heterocycles. The van der Waals surface area contributed by atoms with Crippen LogP contribution in [-0.4, -0.2) is 25.3 Å². The average Bonchev–Trinajstić information content (AvgIpc) is 3.20. The Morgan fingerprint density at radius 2 is 1.57 bits per heavy atom. The molecule has 0 saturated heterocycles. The normalized spacial score (nSPS) is 17.8. The van der Waals surface area contributed by atoms with Gasteiger partial charge in [0.25, 0.3) is 0 Å². The fourth-order valence-corrected chi connectivity index (χ4v) is 5.92. The van der Waals surface area contributed by atoms with E-state index < -0.39 is 11.7 Å². The molecular weight excluding hydrogens is 550 g/mol. The molecule has 0 aromatic heterocycles. The second kappa shape index (κ2) is 12.0. The SMILES string of the molecule is CCCCCOc1ccc(C(=O)Oc2ccc(N=Nc3ccc4c(c3)C=CC3(O4)N(C)c4ccccc4C3(C)C)cc2)cc1. The van der Waals surface area contributed by atoms with Crippen LogP contribution in [0.15, 0.2) is 107 Å². The second-order valence-electron chi connectivity index (χ2n) is 11.7. The summed E-state index contributed by atoms with van der Waals surface area (Å²) in [5.41, 5.74) is 4.33. The summed E-state index contributed by atoms with van der Waals surface area (Å²) in [5, 5.41) is 8.81. The van der Waals surface area contributed by atoms with Gasteiger partial charge in [0.2, 0.25) is 5.72 Å². The van der Waals surface area contributed by atoms with Crippen LogP contribution in [0.4, 0.5) is 17.1 Å². The number of azo groups is 1. The number of ether oxygens (including phenoxy) is 3. The molecule has 0 N–H and O–H groups in total. The van der Waals surface area contributed by atoms with Crippen LogP contribution in [0.2, 0.25) is 0 Å². The van der Waals surface area contributed by atoms with Crippen LogP contribution in [0.3, 0.4) is 0 Å². The van der Waals surface area contributed by atoms with Gasteiger partial charge >= 0.3 is 5.97 Å². The Kier molecular flexibility index (Phi) is 7.95. The van der Waals surface area contributed by atoms with Crippen molar-refractivity contribution in [3.63, 3.8) is 0 Å². The Morgan fingerprint density at radius 3 is 2.32 bits per heavy atom. The Morgan fingerprint density at radius 1 is 0.864 bits per heavy atom. The molecule has 0 radical (unpaired) electrons. The number of rotatable bonds is 9. The number of hydrogen-bond donors (Lipinski definition) is 0. The third-order valence-corrected chi connectivity index (χ3v) is 8.52. The first-order chi connectivity index (χ1) is 21.3. The summed E-state index contributed by atoms with van der Waals surface area (Å²) in [6.45, 7) is 7.28. The number of likely N-dealkylation sites (N-methyl/N-ethyl adjacent to an activating group) is 1. The third-order valence-electron chi connectivity index (χ3n) is 8.52. The highest BCUT2D eigenvalue weighted by molar-refractivity contribution is 5.91. The first kappa shape index (κ1) is 29.2. The number of unbranched alkanes of at least 4 members (excludes halogenated alkanes) is 2. The predicted octanol–water partition coefficient (Wildman–Crippen LogP) is 9.42. The molecule has 0 fully saturated rings. The molecule has 2 aliphatic rings. The topological polar surface area (TPSA) is 72.7 Å². The lowest BCUT2D eigenvalue weighted by atomic mass is 9.76. The molecule has 6 rings (SSSR count). The average molecular weight is 588 g/mol. The highest BCUT2D eigenvalue weighted by Crippen LogP contribution is 2.54. The van der Waals surface area contributed by atoms with E-state index in [-0.39, 0.29) is 5.41 Å². The largest absolute Gasteiger partial charge is 0.494 e. The van der Waals surface area contributed by atoms with Crippen molar-refractivity contribution in [3.8, 4) is 17.2 Å². The second-order valence-corrected chi connectivity index (χ2v) is 11.7. The maximum Gasteiger partial charge on any atom is 0.343 e. The van der Waals surface area contributed by atoms with Gasteiger partial charge in [-0.05, 0) is 111 Å². The number of fused-ring (bicyclic) bond motifs is 2. The lowest BCUT2D eigenvalue weighted by Gasteiger charge is -2.45. The van der Waals surface area contributed by atoms with E-state index >= 15 is 0 Å². The maximum absolute atomic E-state index is 12.6. The number of esters is 1. The van der Waals surface area contributed by atoms with Crippen molar-refractivity contribution in [2.45, 2.75) is 51.2 Å². The fraction of sp³-hybridized carbons (Fsp3) is 0.270. The number of hydrogen-bond acceptors (Lipinski definition) is 7. The van der Waals surface area contributed by atoms with Gasteiger partial charge in [0.05, 0.1) is 29.0 Å². The standard InChI is InChI=1S/C37H37N3O4/c1-5-6-9-24-42-30-17-12-26(13-18-30)35(41)43-31-19-14-28(15-20-31)38-39-29-16-21-34-27(25-29)22-23-37(44-34)36(2,3)32-10-7-8-11-33(32)40(37)4/h7-8,10-23,25H,5-6,9,24H2,1-4H3. The van der Waals surface area contributed by atoms with Gasteiger partial charge in [-0.1, -0.05) is 38.0 Å². The summed E-state index contributed by atoms with van der Waals surface area (Å²) in [4.78, 5) is 14.8. The molecule has 0 bridgehead atoms. The Hall–Kier alpha value is -4.91. The van der Waals surface area contributed by atoms with Gasteiger partial charge in [-0.15, -0.1) is 0 Å². The van der Waals surface area contributed by atoms with Crippen molar-refractivity contribution in [2.24, 2.45) is 10.2 Å². The van der Waals surface area contributed by atoms with Gasteiger partial charge in [0, 0.05) is 18.3 Å². The molecule has 7 heteroatoms. The predicted molar refractivity (Wildman–Crippen MR) is 174 cm³/mol. The van der Waals surface area contributed by atoms with Crippen LogP contribution < -0.4 is 19.1 Å². The van der Waals surface area contributed by atoms with E-state index in [2.05, 4.69) is 79.4 Å². The molecule has 4 aromatic carbocycles. The summed E-state index contributed by atoms with van der Waals surface area (Å²) in [5.74, 6) is 1.55. The van der Waals surface area contributed by atoms with E-state index in [1.807, 2.05) is 18.2 Å². The zero-order valence-corrected chi connectivity index (χ0v) is 25.6. The minimum absolute atomic E-state index is 0.251. The number of benzene rings is 4. The van der Waals surface area contributed by atoms with Gasteiger partial charge < -0.3 is 19.1 Å². The molecular formula is C37H37N3O4. The lowest BCUT2D eigenvalue weighted by molar-refractivity contribution is 0.0582. The number of carbonyl (C=O) groups is 1. The molecule has 1 unspecified atom stereocenters. The van der Waals surface area contributed by atoms with Crippen molar-refractivity contribution in [2.75, 3.05) is 18.6 Å². The Bertz CT molecular complexity index is 1710. The minimum Gasteiger partial charge on any atom is -0.494 e. The van der Waals surface area contributed by atoms with Crippen LogP contribution in [-0.2, 0) is 5.41 Å². The quantitative estimate of drug-likeness (QED) is 0.0844. The highest BCUT2D eigenvalue weighted by atomic mass is 16.5. The van der Waals surface area contributed by atoms with Crippen LogP contribution in [0.25, 0.3) is 6.08 Å². The van der Waals surface area contributed by atoms with Crippen molar-refractivity contribution in [1.29, 1.82) is 0 Å². The molecule has 0 aliphatic carbocycles. The first-order valence-electron chi connectivity index (χ1n) is 15.1. The Labute approximate surface area is 258 Å². The number of para-hydroxylation sites is 1. The van der Waals surface area contributed by atoms with Gasteiger partial charge in [0.15, 0.2) is 0 Å². The first-order valence-corrected chi connectivity index (χ1v) is 15.1. The van der Waals surface area contributed by atoms with Crippen molar-refractivity contribution in [1.82, 2.24) is 0 Å². The molecule has 1 atom stereocenters. The van der Waals surface area contributed by atoms with E-state index in [9.17, 15) is 4.79 Å². The monoisotopic (exact) mass is 587 g/mol. The smallest absolute Gasteiger partial charge is 0.343 e. The molecule has 224 valence electrons. The molecule has 44 heavy (non-hydrogen) atoms. The molecule has 2 aliphatic heterocycles.